The van der Waals surface area contributed by atoms with E-state index in [0.717, 1.165) is 33.9 Å². The molecule has 2 unspecified atom stereocenters. The van der Waals surface area contributed by atoms with E-state index in [1.807, 2.05) is 40.0 Å². The number of fused-ring (bicyclic) bond motifs is 1. The second-order valence-electron chi connectivity index (χ2n) is 6.26. The average molecular weight is 325 g/mol. The molecule has 0 spiro atoms. The van der Waals surface area contributed by atoms with Gasteiger partial charge in [0.15, 0.2) is 5.82 Å². The van der Waals surface area contributed by atoms with Gasteiger partial charge in [-0.2, -0.15) is 5.10 Å². The van der Waals surface area contributed by atoms with Crippen molar-refractivity contribution in [3.63, 3.8) is 0 Å². The summed E-state index contributed by atoms with van der Waals surface area (Å²) in [4.78, 5) is 17.4. The van der Waals surface area contributed by atoms with Crippen LogP contribution in [0.5, 0.6) is 0 Å². The van der Waals surface area contributed by atoms with Crippen LogP contribution >= 0.6 is 0 Å². The third kappa shape index (κ3) is 2.54. The number of esters is 1. The van der Waals surface area contributed by atoms with Gasteiger partial charge in [0, 0.05) is 24.2 Å². The van der Waals surface area contributed by atoms with Gasteiger partial charge in [0.1, 0.15) is 5.92 Å². The smallest absolute Gasteiger partial charge is 0.315 e. The molecule has 1 aromatic carbocycles. The van der Waals surface area contributed by atoms with Gasteiger partial charge in [0.2, 0.25) is 0 Å². The van der Waals surface area contributed by atoms with Crippen molar-refractivity contribution < 1.29 is 9.53 Å². The van der Waals surface area contributed by atoms with Crippen LogP contribution in [0.25, 0.3) is 0 Å². The van der Waals surface area contributed by atoms with Gasteiger partial charge >= 0.3 is 5.97 Å². The number of ether oxygens (including phenoxy) is 1. The van der Waals surface area contributed by atoms with E-state index in [1.54, 1.807) is 4.68 Å². The van der Waals surface area contributed by atoms with Gasteiger partial charge in [-0.3, -0.25) is 9.48 Å². The molecule has 2 heterocycles. The lowest BCUT2D eigenvalue weighted by Crippen LogP contribution is -2.33. The third-order valence-corrected chi connectivity index (χ3v) is 4.68. The Morgan fingerprint density at radius 2 is 1.96 bits per heavy atom. The van der Waals surface area contributed by atoms with Crippen molar-refractivity contribution in [2.45, 2.75) is 33.6 Å². The maximum Gasteiger partial charge on any atom is 0.315 e. The van der Waals surface area contributed by atoms with Gasteiger partial charge in [-0.1, -0.05) is 24.3 Å². The summed E-state index contributed by atoms with van der Waals surface area (Å²) in [6, 6.07) is 8.18. The highest BCUT2D eigenvalue weighted by molar-refractivity contribution is 6.05. The molecule has 1 aliphatic heterocycles. The molecule has 0 bridgehead atoms. The van der Waals surface area contributed by atoms with Crippen LogP contribution in [0.4, 0.5) is 5.82 Å². The number of nitrogens with zero attached hydrogens (tertiary/aromatic N) is 3. The van der Waals surface area contributed by atoms with Crippen molar-refractivity contribution >= 4 is 17.5 Å². The molecule has 3 rings (SSSR count). The van der Waals surface area contributed by atoms with Crippen LogP contribution < -0.4 is 0 Å². The Labute approximate surface area is 142 Å². The Balaban J connectivity index is 2.25. The lowest BCUT2D eigenvalue weighted by atomic mass is 9.75. The number of hydrogen-bond acceptors (Lipinski definition) is 4. The third-order valence-electron chi connectivity index (χ3n) is 4.68. The number of aromatic nitrogens is 2. The minimum absolute atomic E-state index is 0.119. The molecule has 0 N–H and O–H groups in total. The quantitative estimate of drug-likeness (QED) is 0.812. The molecule has 0 amide bonds. The summed E-state index contributed by atoms with van der Waals surface area (Å²) in [6.45, 7) is 8.14. The molecule has 0 saturated heterocycles. The van der Waals surface area contributed by atoms with Gasteiger partial charge in [-0.25, -0.2) is 4.99 Å². The first-order chi connectivity index (χ1) is 11.5. The van der Waals surface area contributed by atoms with E-state index in [0.29, 0.717) is 6.61 Å². The topological polar surface area (TPSA) is 56.5 Å². The van der Waals surface area contributed by atoms with E-state index in [2.05, 4.69) is 29.1 Å². The van der Waals surface area contributed by atoms with Crippen LogP contribution in [0, 0.1) is 19.8 Å². The summed E-state index contributed by atoms with van der Waals surface area (Å²) < 4.78 is 7.15. The number of hydrogen-bond donors (Lipinski definition) is 0. The number of aryl methyl sites for hydroxylation is 3. The van der Waals surface area contributed by atoms with Crippen LogP contribution in [-0.2, 0) is 16.6 Å². The molecular formula is C19H23N3O2. The molecule has 5 heteroatoms. The summed E-state index contributed by atoms with van der Waals surface area (Å²) in [5.74, 6) is 0.0765. The average Bonchev–Trinajstić information content (AvgIpc) is 2.81. The zero-order chi connectivity index (χ0) is 17.4. The van der Waals surface area contributed by atoms with Crippen LogP contribution in [0.3, 0.4) is 0 Å². The Bertz CT molecular complexity index is 820. The highest BCUT2D eigenvalue weighted by Crippen LogP contribution is 2.45. The largest absolute Gasteiger partial charge is 0.465 e. The summed E-state index contributed by atoms with van der Waals surface area (Å²) >= 11 is 0. The summed E-state index contributed by atoms with van der Waals surface area (Å²) in [6.07, 6.45) is 0. The highest BCUT2D eigenvalue weighted by Gasteiger charge is 2.41. The van der Waals surface area contributed by atoms with Gasteiger partial charge in [-0.05, 0) is 38.8 Å². The molecule has 0 radical (unpaired) electrons. The summed E-state index contributed by atoms with van der Waals surface area (Å²) in [5.41, 5.74) is 4.99. The molecule has 1 aromatic heterocycles. The zero-order valence-electron chi connectivity index (χ0n) is 14.8. The number of rotatable bonds is 3. The first kappa shape index (κ1) is 16.4. The van der Waals surface area contributed by atoms with Crippen LogP contribution in [0.2, 0.25) is 0 Å². The summed E-state index contributed by atoms with van der Waals surface area (Å²) in [7, 11) is 1.89. The second-order valence-corrected chi connectivity index (χ2v) is 6.26. The maximum absolute atomic E-state index is 12.7. The lowest BCUT2D eigenvalue weighted by Gasteiger charge is -2.30. The van der Waals surface area contributed by atoms with Crippen molar-refractivity contribution in [1.82, 2.24) is 9.78 Å². The van der Waals surface area contributed by atoms with Crippen molar-refractivity contribution in [2.75, 3.05) is 6.61 Å². The Morgan fingerprint density at radius 3 is 2.62 bits per heavy atom. The van der Waals surface area contributed by atoms with E-state index in [-0.39, 0.29) is 11.9 Å². The van der Waals surface area contributed by atoms with Crippen molar-refractivity contribution in [2.24, 2.45) is 18.0 Å². The van der Waals surface area contributed by atoms with Crippen molar-refractivity contribution in [1.29, 1.82) is 0 Å². The molecule has 0 fully saturated rings. The van der Waals surface area contributed by atoms with Gasteiger partial charge in [0.05, 0.1) is 12.3 Å². The Hall–Kier alpha value is -2.43. The first-order valence-electron chi connectivity index (χ1n) is 8.26. The van der Waals surface area contributed by atoms with Gasteiger partial charge < -0.3 is 4.74 Å². The van der Waals surface area contributed by atoms with Crippen LogP contribution in [-0.4, -0.2) is 28.1 Å². The summed E-state index contributed by atoms with van der Waals surface area (Å²) in [5, 5.41) is 4.53. The van der Waals surface area contributed by atoms with Gasteiger partial charge in [-0.15, -0.1) is 0 Å². The number of carbonyl (C=O) groups is 1. The van der Waals surface area contributed by atoms with Gasteiger partial charge in [0.25, 0.3) is 0 Å². The monoisotopic (exact) mass is 325 g/mol. The predicted octanol–water partition coefficient (Wildman–Crippen LogP) is 3.45. The molecule has 2 atom stereocenters. The highest BCUT2D eigenvalue weighted by atomic mass is 16.5. The molecule has 126 valence electrons. The fraction of sp³-hybridized carbons (Fsp3) is 0.421. The van der Waals surface area contributed by atoms with E-state index in [4.69, 9.17) is 4.74 Å². The number of benzene rings is 1. The molecule has 24 heavy (non-hydrogen) atoms. The van der Waals surface area contributed by atoms with E-state index in [9.17, 15) is 4.79 Å². The molecule has 0 aliphatic carbocycles. The van der Waals surface area contributed by atoms with Crippen molar-refractivity contribution in [3.8, 4) is 0 Å². The van der Waals surface area contributed by atoms with E-state index in [1.165, 1.54) is 0 Å². The number of carbonyl (C=O) groups excluding carboxylic acids is 1. The lowest BCUT2D eigenvalue weighted by molar-refractivity contribution is -0.146. The molecular weight excluding hydrogens is 302 g/mol. The molecule has 5 nitrogen and oxygen atoms in total. The molecule has 1 aliphatic rings. The molecule has 2 aromatic rings. The normalized spacial score (nSPS) is 19.6. The molecule has 0 saturated carbocycles. The number of aliphatic imine (C=N–C) groups is 1. The SMILES string of the molecule is CCOC(=O)C1C(C)=Nc2c(c(C)nn2C)C1c1ccccc1C. The second kappa shape index (κ2) is 6.23. The minimum atomic E-state index is -0.415. The fourth-order valence-electron chi connectivity index (χ4n) is 3.61. The van der Waals surface area contributed by atoms with Crippen molar-refractivity contribution in [3.05, 3.63) is 46.6 Å². The first-order valence-corrected chi connectivity index (χ1v) is 8.26. The predicted molar refractivity (Wildman–Crippen MR) is 93.9 cm³/mol. The van der Waals surface area contributed by atoms with Crippen LogP contribution in [0.1, 0.15) is 42.1 Å². The minimum Gasteiger partial charge on any atom is -0.465 e. The van der Waals surface area contributed by atoms with E-state index < -0.39 is 5.92 Å². The Morgan fingerprint density at radius 1 is 1.25 bits per heavy atom. The fourth-order valence-corrected chi connectivity index (χ4v) is 3.61. The zero-order valence-corrected chi connectivity index (χ0v) is 14.8. The van der Waals surface area contributed by atoms with E-state index >= 15 is 0 Å². The maximum atomic E-state index is 12.7. The van der Waals surface area contributed by atoms with Crippen LogP contribution in [0.15, 0.2) is 29.3 Å². The standard InChI is InChI=1S/C19H23N3O2/c1-6-24-19(23)16-12(3)20-18-15(13(4)21-22(18)5)17(16)14-10-8-7-9-11(14)2/h7-10,16-17H,6H2,1-5H3. The Kier molecular flexibility index (Phi) is 4.26.